The van der Waals surface area contributed by atoms with Crippen LogP contribution in [0.25, 0.3) is 11.0 Å². The van der Waals surface area contributed by atoms with Crippen LogP contribution in [0.15, 0.2) is 12.3 Å². The topological polar surface area (TPSA) is 75.5 Å². The number of aromatic nitrogens is 3. The van der Waals surface area contributed by atoms with Gasteiger partial charge in [0.15, 0.2) is 0 Å². The molecule has 2 saturated carbocycles. The number of nitrogens with zero attached hydrogens (tertiary/aromatic N) is 3. The summed E-state index contributed by atoms with van der Waals surface area (Å²) in [5, 5.41) is 0. The smallest absolute Gasteiger partial charge is 0.297 e. The van der Waals surface area contributed by atoms with Gasteiger partial charge in [-0.25, -0.2) is 4.98 Å². The second kappa shape index (κ2) is 8.69. The minimum atomic E-state index is 0.148. The normalized spacial score (nSPS) is 23.1. The first-order valence-electron chi connectivity index (χ1n) is 10.7. The average Bonchev–Trinajstić information content (AvgIpc) is 3.45. The van der Waals surface area contributed by atoms with Gasteiger partial charge in [0.25, 0.3) is 6.01 Å². The highest BCUT2D eigenvalue weighted by Gasteiger charge is 2.26. The molecule has 2 aliphatic carbocycles. The Balaban J connectivity index is 1.29. The van der Waals surface area contributed by atoms with Crippen molar-refractivity contribution >= 4 is 16.8 Å². The molecule has 7 heteroatoms. The van der Waals surface area contributed by atoms with Gasteiger partial charge in [-0.15, -0.1) is 0 Å². The Morgan fingerprint density at radius 2 is 1.79 bits per heavy atom. The number of hydrogen-bond acceptors (Lipinski definition) is 6. The first-order valence-corrected chi connectivity index (χ1v) is 10.7. The third kappa shape index (κ3) is 5.26. The summed E-state index contributed by atoms with van der Waals surface area (Å²) in [7, 11) is 1.97. The van der Waals surface area contributed by atoms with E-state index in [-0.39, 0.29) is 23.9 Å². The second-order valence-electron chi connectivity index (χ2n) is 8.64. The van der Waals surface area contributed by atoms with Crippen LogP contribution >= 0.6 is 0 Å². The Hall–Kier alpha value is -2.15. The first kappa shape index (κ1) is 20.1. The van der Waals surface area contributed by atoms with Crippen LogP contribution in [-0.2, 0) is 16.6 Å². The van der Waals surface area contributed by atoms with Crippen molar-refractivity contribution in [2.24, 2.45) is 13.0 Å². The van der Waals surface area contributed by atoms with Crippen LogP contribution in [0.4, 0.5) is 0 Å². The van der Waals surface area contributed by atoms with Crippen molar-refractivity contribution in [1.82, 2.24) is 14.5 Å². The van der Waals surface area contributed by atoms with Crippen LogP contribution in [0, 0.1) is 5.92 Å². The predicted octanol–water partition coefficient (Wildman–Crippen LogP) is 3.83. The van der Waals surface area contributed by atoms with E-state index in [4.69, 9.17) is 14.2 Å². The van der Waals surface area contributed by atoms with Crippen molar-refractivity contribution < 1.29 is 19.0 Å². The first-order chi connectivity index (χ1) is 14.0. The zero-order valence-electron chi connectivity index (χ0n) is 17.6. The number of aryl methyl sites for hydroxylation is 1. The maximum atomic E-state index is 11.2. The summed E-state index contributed by atoms with van der Waals surface area (Å²) in [6.45, 7) is 4.35. The Labute approximate surface area is 171 Å². The predicted molar refractivity (Wildman–Crippen MR) is 109 cm³/mol. The van der Waals surface area contributed by atoms with Gasteiger partial charge in [0.2, 0.25) is 5.88 Å². The summed E-state index contributed by atoms with van der Waals surface area (Å²) in [6.07, 6.45) is 9.15. The van der Waals surface area contributed by atoms with Crippen LogP contribution in [0.3, 0.4) is 0 Å². The molecule has 0 N–H and O–H groups in total. The molecule has 0 aliphatic heterocycles. The largest absolute Gasteiger partial charge is 0.474 e. The lowest BCUT2D eigenvalue weighted by atomic mass is 9.95. The number of imidazole rings is 1. The summed E-state index contributed by atoms with van der Waals surface area (Å²) in [6, 6.07) is 2.57. The number of ether oxygens (including phenoxy) is 3. The van der Waals surface area contributed by atoms with Crippen molar-refractivity contribution in [3.05, 3.63) is 12.3 Å². The fourth-order valence-corrected chi connectivity index (χ4v) is 3.90. The molecule has 1 atom stereocenters. The maximum Gasteiger partial charge on any atom is 0.297 e. The van der Waals surface area contributed by atoms with E-state index < -0.39 is 0 Å². The molecule has 0 spiro atoms. The maximum absolute atomic E-state index is 11.2. The lowest BCUT2D eigenvalue weighted by Crippen LogP contribution is -2.30. The second-order valence-corrected chi connectivity index (χ2v) is 8.64. The van der Waals surface area contributed by atoms with Crippen molar-refractivity contribution in [3.63, 3.8) is 0 Å². The summed E-state index contributed by atoms with van der Waals surface area (Å²) in [4.78, 5) is 20.2. The number of Topliss-reactive ketones (excluding diaryl/α,β-unsaturated/α-hetero) is 1. The molecule has 0 bridgehead atoms. The standard InChI is InChI=1S/C22H31N3O4/c1-14(10-15(2)26)13-27-16-4-6-18(7-5-16)29-22-24-19-12-23-21(28-17-8-9-17)11-20(19)25(22)3/h11-12,14,16-18H,4-10,13H2,1-3H3/t14-,16?,18?/m1/s1. The minimum Gasteiger partial charge on any atom is -0.474 e. The van der Waals surface area contributed by atoms with E-state index in [9.17, 15) is 4.79 Å². The van der Waals surface area contributed by atoms with Crippen LogP contribution in [-0.4, -0.2) is 45.2 Å². The number of hydrogen-bond donors (Lipinski definition) is 0. The fourth-order valence-electron chi connectivity index (χ4n) is 3.90. The molecule has 2 aromatic rings. The molecule has 0 radical (unpaired) electrons. The van der Waals surface area contributed by atoms with Crippen molar-refractivity contribution in [1.29, 1.82) is 0 Å². The van der Waals surface area contributed by atoms with E-state index in [1.54, 1.807) is 13.1 Å². The van der Waals surface area contributed by atoms with E-state index in [1.807, 2.05) is 17.7 Å². The number of ketones is 1. The van der Waals surface area contributed by atoms with Crippen LogP contribution in [0.1, 0.15) is 58.8 Å². The van der Waals surface area contributed by atoms with E-state index in [0.29, 0.717) is 31.0 Å². The van der Waals surface area contributed by atoms with Crippen molar-refractivity contribution in [3.8, 4) is 11.9 Å². The van der Waals surface area contributed by atoms with Gasteiger partial charge in [0.1, 0.15) is 23.5 Å². The Bertz CT molecular complexity index is 853. The Morgan fingerprint density at radius 3 is 2.48 bits per heavy atom. The number of carbonyl (C=O) groups excluding carboxylic acids is 1. The molecule has 0 aromatic carbocycles. The molecule has 4 rings (SSSR count). The molecule has 2 fully saturated rings. The molecular weight excluding hydrogens is 370 g/mol. The molecule has 2 aromatic heterocycles. The van der Waals surface area contributed by atoms with E-state index in [2.05, 4.69) is 16.9 Å². The molecule has 0 unspecified atom stereocenters. The summed E-state index contributed by atoms with van der Waals surface area (Å²) in [5.74, 6) is 1.16. The Morgan fingerprint density at radius 1 is 1.14 bits per heavy atom. The Kier molecular flexibility index (Phi) is 6.04. The van der Waals surface area contributed by atoms with Gasteiger partial charge in [0, 0.05) is 26.1 Å². The van der Waals surface area contributed by atoms with Gasteiger partial charge in [-0.2, -0.15) is 4.98 Å². The molecule has 0 saturated heterocycles. The molecular formula is C22H31N3O4. The van der Waals surface area contributed by atoms with Gasteiger partial charge in [-0.1, -0.05) is 6.92 Å². The molecule has 158 valence electrons. The summed E-state index contributed by atoms with van der Waals surface area (Å²) < 4.78 is 20.0. The minimum absolute atomic E-state index is 0.148. The molecule has 2 aliphatic rings. The van der Waals surface area contributed by atoms with Crippen molar-refractivity contribution in [2.75, 3.05) is 6.61 Å². The highest BCUT2D eigenvalue weighted by molar-refractivity contribution is 5.76. The third-order valence-electron chi connectivity index (χ3n) is 5.66. The highest BCUT2D eigenvalue weighted by atomic mass is 16.5. The number of rotatable bonds is 9. The SMILES string of the molecule is CC(=O)C[C@@H](C)COC1CCC(Oc2nc3cnc(OC4CC4)cc3n2C)CC1. The zero-order chi connectivity index (χ0) is 20.4. The lowest BCUT2D eigenvalue weighted by Gasteiger charge is -2.29. The summed E-state index contributed by atoms with van der Waals surface area (Å²) in [5.41, 5.74) is 1.80. The number of carbonyl (C=O) groups is 1. The highest BCUT2D eigenvalue weighted by Crippen LogP contribution is 2.30. The number of fused-ring (bicyclic) bond motifs is 1. The summed E-state index contributed by atoms with van der Waals surface area (Å²) >= 11 is 0. The van der Waals surface area contributed by atoms with Crippen LogP contribution in [0.2, 0.25) is 0 Å². The zero-order valence-corrected chi connectivity index (χ0v) is 17.6. The fraction of sp³-hybridized carbons (Fsp3) is 0.682. The molecule has 0 amide bonds. The monoisotopic (exact) mass is 401 g/mol. The van der Waals surface area contributed by atoms with Gasteiger partial charge in [0.05, 0.1) is 17.8 Å². The van der Waals surface area contributed by atoms with Crippen molar-refractivity contribution in [2.45, 2.75) is 77.1 Å². The van der Waals surface area contributed by atoms with Crippen LogP contribution < -0.4 is 9.47 Å². The average molecular weight is 402 g/mol. The van der Waals surface area contributed by atoms with Gasteiger partial charge in [-0.3, -0.25) is 4.57 Å². The van der Waals surface area contributed by atoms with E-state index in [0.717, 1.165) is 49.6 Å². The van der Waals surface area contributed by atoms with E-state index >= 15 is 0 Å². The lowest BCUT2D eigenvalue weighted by molar-refractivity contribution is -0.118. The van der Waals surface area contributed by atoms with Crippen LogP contribution in [0.5, 0.6) is 11.9 Å². The molecule has 2 heterocycles. The third-order valence-corrected chi connectivity index (χ3v) is 5.66. The molecule has 7 nitrogen and oxygen atoms in total. The van der Waals surface area contributed by atoms with Gasteiger partial charge >= 0.3 is 0 Å². The van der Waals surface area contributed by atoms with E-state index in [1.165, 1.54) is 0 Å². The quantitative estimate of drug-likeness (QED) is 0.636. The number of pyridine rings is 1. The van der Waals surface area contributed by atoms with Gasteiger partial charge < -0.3 is 19.0 Å². The molecule has 29 heavy (non-hydrogen) atoms. The van der Waals surface area contributed by atoms with Gasteiger partial charge in [-0.05, 0) is 51.4 Å².